The molecule has 0 unspecified atom stereocenters. The average Bonchev–Trinajstić information content (AvgIpc) is 2.94. The molecule has 3 aromatic carbocycles. The molecule has 0 radical (unpaired) electrons. The number of rotatable bonds is 4. The lowest BCUT2D eigenvalue weighted by Crippen LogP contribution is -1.96. The highest BCUT2D eigenvalue weighted by Crippen LogP contribution is 2.39. The van der Waals surface area contributed by atoms with E-state index < -0.39 is 5.97 Å². The van der Waals surface area contributed by atoms with Gasteiger partial charge in [-0.05, 0) is 43.3 Å². The van der Waals surface area contributed by atoms with Crippen molar-refractivity contribution in [2.45, 2.75) is 16.7 Å². The van der Waals surface area contributed by atoms with Gasteiger partial charge in [-0.15, -0.1) is 0 Å². The Morgan fingerprint density at radius 2 is 1.65 bits per heavy atom. The molecule has 26 heavy (non-hydrogen) atoms. The van der Waals surface area contributed by atoms with Crippen LogP contribution in [0.4, 0.5) is 0 Å². The molecule has 4 heteroatoms. The zero-order valence-corrected chi connectivity index (χ0v) is 15.0. The minimum absolute atomic E-state index is 0.305. The Bertz CT molecular complexity index is 1100. The molecule has 4 aromatic rings. The first-order valence-electron chi connectivity index (χ1n) is 8.32. The van der Waals surface area contributed by atoms with Crippen molar-refractivity contribution in [3.63, 3.8) is 0 Å². The number of aromatic carboxylic acids is 1. The van der Waals surface area contributed by atoms with Crippen LogP contribution in [0.5, 0.6) is 0 Å². The second-order valence-corrected chi connectivity index (χ2v) is 7.12. The van der Waals surface area contributed by atoms with Gasteiger partial charge in [0.1, 0.15) is 0 Å². The third-order valence-corrected chi connectivity index (χ3v) is 5.58. The molecule has 0 amide bonds. The number of aromatic nitrogens is 1. The van der Waals surface area contributed by atoms with E-state index in [9.17, 15) is 9.90 Å². The van der Waals surface area contributed by atoms with Crippen molar-refractivity contribution in [3.05, 3.63) is 90.1 Å². The van der Waals surface area contributed by atoms with Crippen LogP contribution in [0.25, 0.3) is 16.6 Å². The summed E-state index contributed by atoms with van der Waals surface area (Å²) in [5.74, 6) is -0.907. The molecule has 0 fully saturated rings. The molecule has 0 saturated carbocycles. The monoisotopic (exact) mass is 359 g/mol. The molecule has 1 N–H and O–H groups in total. The van der Waals surface area contributed by atoms with Crippen LogP contribution in [-0.4, -0.2) is 15.6 Å². The van der Waals surface area contributed by atoms with Crippen LogP contribution in [0.3, 0.4) is 0 Å². The molecular weight excluding hydrogens is 342 g/mol. The molecule has 0 aliphatic carbocycles. The van der Waals surface area contributed by atoms with E-state index in [0.717, 1.165) is 26.7 Å². The zero-order valence-electron chi connectivity index (χ0n) is 14.2. The fourth-order valence-electron chi connectivity index (χ4n) is 3.19. The Morgan fingerprint density at radius 3 is 2.42 bits per heavy atom. The predicted octanol–water partition coefficient (Wildman–Crippen LogP) is 5.79. The molecule has 0 atom stereocenters. The largest absolute Gasteiger partial charge is 0.478 e. The first kappa shape index (κ1) is 16.5. The molecule has 128 valence electrons. The molecule has 0 saturated heterocycles. The highest BCUT2D eigenvalue weighted by Gasteiger charge is 2.16. The van der Waals surface area contributed by atoms with Crippen LogP contribution >= 0.6 is 11.8 Å². The smallest absolute Gasteiger partial charge is 0.335 e. The van der Waals surface area contributed by atoms with Crippen LogP contribution in [0.1, 0.15) is 16.1 Å². The number of hydrogen-bond acceptors (Lipinski definition) is 2. The van der Waals surface area contributed by atoms with Gasteiger partial charge in [0, 0.05) is 26.6 Å². The summed E-state index contributed by atoms with van der Waals surface area (Å²) in [7, 11) is 0. The van der Waals surface area contributed by atoms with Crippen LogP contribution in [-0.2, 0) is 0 Å². The van der Waals surface area contributed by atoms with Crippen molar-refractivity contribution in [1.82, 2.24) is 4.57 Å². The molecule has 0 spiro atoms. The van der Waals surface area contributed by atoms with Crippen molar-refractivity contribution in [2.75, 3.05) is 0 Å². The SMILES string of the molecule is Cc1c(Sc2cccc(C(=O)O)c2)c2ccccc2n1-c1ccccc1. The molecule has 0 aliphatic heterocycles. The fraction of sp³-hybridized carbons (Fsp3) is 0.0455. The van der Waals surface area contributed by atoms with E-state index >= 15 is 0 Å². The first-order chi connectivity index (χ1) is 12.6. The summed E-state index contributed by atoms with van der Waals surface area (Å²) < 4.78 is 2.25. The van der Waals surface area contributed by atoms with Crippen molar-refractivity contribution >= 4 is 28.6 Å². The lowest BCUT2D eigenvalue weighted by Gasteiger charge is -2.08. The summed E-state index contributed by atoms with van der Waals surface area (Å²) in [6.45, 7) is 2.11. The average molecular weight is 359 g/mol. The summed E-state index contributed by atoms with van der Waals surface area (Å²) in [5.41, 5.74) is 3.71. The first-order valence-corrected chi connectivity index (χ1v) is 9.13. The van der Waals surface area contributed by atoms with E-state index in [1.807, 2.05) is 36.4 Å². The number of hydrogen-bond donors (Lipinski definition) is 1. The predicted molar refractivity (Wildman–Crippen MR) is 106 cm³/mol. The number of fused-ring (bicyclic) bond motifs is 1. The van der Waals surface area contributed by atoms with E-state index in [0.29, 0.717) is 5.56 Å². The highest BCUT2D eigenvalue weighted by molar-refractivity contribution is 7.99. The van der Waals surface area contributed by atoms with Crippen LogP contribution in [0.15, 0.2) is 88.7 Å². The summed E-state index contributed by atoms with van der Waals surface area (Å²) in [5, 5.41) is 10.4. The Labute approximate surface area is 155 Å². The van der Waals surface area contributed by atoms with Gasteiger partial charge in [-0.2, -0.15) is 0 Å². The van der Waals surface area contributed by atoms with Crippen LogP contribution < -0.4 is 0 Å². The maximum absolute atomic E-state index is 11.3. The molecule has 1 aromatic heterocycles. The molecule has 3 nitrogen and oxygen atoms in total. The van der Waals surface area contributed by atoms with Gasteiger partial charge in [0.2, 0.25) is 0 Å². The number of carbonyl (C=O) groups is 1. The fourth-order valence-corrected chi connectivity index (χ4v) is 4.28. The standard InChI is InChI=1S/C22H17NO2S/c1-15-21(26-18-11-7-8-16(14-18)22(24)25)19-12-5-6-13-20(19)23(15)17-9-3-2-4-10-17/h2-14H,1H3,(H,24,25). The maximum atomic E-state index is 11.3. The normalized spacial score (nSPS) is 11.0. The molecule has 0 aliphatic rings. The van der Waals surface area contributed by atoms with Gasteiger partial charge in [0.25, 0.3) is 0 Å². The third-order valence-electron chi connectivity index (χ3n) is 4.37. The highest BCUT2D eigenvalue weighted by atomic mass is 32.2. The number of benzene rings is 3. The van der Waals surface area contributed by atoms with E-state index in [1.54, 1.807) is 30.0 Å². The van der Waals surface area contributed by atoms with E-state index in [1.165, 1.54) is 5.39 Å². The molecule has 4 rings (SSSR count). The van der Waals surface area contributed by atoms with Gasteiger partial charge in [-0.25, -0.2) is 4.79 Å². The van der Waals surface area contributed by atoms with Gasteiger partial charge < -0.3 is 9.67 Å². The molecular formula is C22H17NO2S. The van der Waals surface area contributed by atoms with Crippen LogP contribution in [0.2, 0.25) is 0 Å². The van der Waals surface area contributed by atoms with E-state index in [-0.39, 0.29) is 0 Å². The quantitative estimate of drug-likeness (QED) is 0.501. The van der Waals surface area contributed by atoms with E-state index in [4.69, 9.17) is 0 Å². The Kier molecular flexibility index (Phi) is 4.27. The number of nitrogens with zero attached hydrogens (tertiary/aromatic N) is 1. The summed E-state index contributed by atoms with van der Waals surface area (Å²) in [4.78, 5) is 13.3. The van der Waals surface area contributed by atoms with Gasteiger partial charge >= 0.3 is 5.97 Å². The molecule has 0 bridgehead atoms. The number of para-hydroxylation sites is 2. The second-order valence-electron chi connectivity index (χ2n) is 6.04. The topological polar surface area (TPSA) is 42.2 Å². The molecule has 1 heterocycles. The van der Waals surface area contributed by atoms with Crippen molar-refractivity contribution in [3.8, 4) is 5.69 Å². The van der Waals surface area contributed by atoms with E-state index in [2.05, 4.69) is 35.8 Å². The third kappa shape index (κ3) is 2.89. The van der Waals surface area contributed by atoms with Gasteiger partial charge in [-0.1, -0.05) is 54.2 Å². The lowest BCUT2D eigenvalue weighted by molar-refractivity contribution is 0.0696. The maximum Gasteiger partial charge on any atom is 0.335 e. The summed E-state index contributed by atoms with van der Waals surface area (Å²) in [6, 6.07) is 25.7. The van der Waals surface area contributed by atoms with Crippen LogP contribution in [0, 0.1) is 6.92 Å². The minimum Gasteiger partial charge on any atom is -0.478 e. The summed E-state index contributed by atoms with van der Waals surface area (Å²) in [6.07, 6.45) is 0. The summed E-state index contributed by atoms with van der Waals surface area (Å²) >= 11 is 1.61. The Morgan fingerprint density at radius 1 is 0.923 bits per heavy atom. The van der Waals surface area contributed by atoms with Crippen molar-refractivity contribution in [1.29, 1.82) is 0 Å². The van der Waals surface area contributed by atoms with Gasteiger partial charge in [0.05, 0.1) is 11.1 Å². The number of carboxylic acids is 1. The Hall–Kier alpha value is -2.98. The van der Waals surface area contributed by atoms with Gasteiger partial charge in [0.15, 0.2) is 0 Å². The lowest BCUT2D eigenvalue weighted by atomic mass is 10.2. The van der Waals surface area contributed by atoms with Crippen molar-refractivity contribution < 1.29 is 9.90 Å². The van der Waals surface area contributed by atoms with Crippen molar-refractivity contribution in [2.24, 2.45) is 0 Å². The zero-order chi connectivity index (χ0) is 18.1. The van der Waals surface area contributed by atoms with Gasteiger partial charge in [-0.3, -0.25) is 0 Å². The minimum atomic E-state index is -0.907. The Balaban J connectivity index is 1.87. The number of carboxylic acid groups (broad SMARTS) is 1. The second kappa shape index (κ2) is 6.73.